The summed E-state index contributed by atoms with van der Waals surface area (Å²) in [4.78, 5) is 0. The lowest BCUT2D eigenvalue weighted by atomic mass is 9.90. The van der Waals surface area contributed by atoms with Crippen molar-refractivity contribution in [3.8, 4) is 0 Å². The summed E-state index contributed by atoms with van der Waals surface area (Å²) in [6.07, 6.45) is -1.93. The van der Waals surface area contributed by atoms with Gasteiger partial charge in [-0.05, 0) is 54.4 Å². The minimum Gasteiger partial charge on any atom is -0.324 e. The molecule has 1 fully saturated rings. The Morgan fingerprint density at radius 1 is 1.25 bits per heavy atom. The van der Waals surface area contributed by atoms with E-state index < -0.39 is 23.6 Å². The second-order valence-electron chi connectivity index (χ2n) is 5.13. The number of alkyl halides is 3. The van der Waals surface area contributed by atoms with E-state index in [0.717, 1.165) is 36.5 Å². The third kappa shape index (κ3) is 3.88. The average Bonchev–Trinajstić information content (AvgIpc) is 2.39. The summed E-state index contributed by atoms with van der Waals surface area (Å²) in [5, 5.41) is 0. The van der Waals surface area contributed by atoms with Gasteiger partial charge in [0.1, 0.15) is 5.82 Å². The molecule has 112 valence electrons. The van der Waals surface area contributed by atoms with Crippen LogP contribution < -0.4 is 5.73 Å². The average molecular weight is 307 g/mol. The highest BCUT2D eigenvalue weighted by Crippen LogP contribution is 2.35. The van der Waals surface area contributed by atoms with Gasteiger partial charge >= 0.3 is 6.18 Å². The second-order valence-corrected chi connectivity index (χ2v) is 6.36. The van der Waals surface area contributed by atoms with E-state index in [4.69, 9.17) is 5.73 Å². The molecule has 0 spiro atoms. The minimum atomic E-state index is -4.68. The number of nitrogens with two attached hydrogens (primary N) is 1. The number of hydrogen-bond acceptors (Lipinski definition) is 2. The quantitative estimate of drug-likeness (QED) is 0.839. The first-order chi connectivity index (χ1) is 9.38. The summed E-state index contributed by atoms with van der Waals surface area (Å²) < 4.78 is 51.2. The SMILES string of the molecule is NC(CC1CCSCC1)c1ccc(F)c(C(F)(F)F)c1. The molecular formula is C14H17F4NS. The van der Waals surface area contributed by atoms with Crippen molar-refractivity contribution in [1.82, 2.24) is 0 Å². The molecule has 2 N–H and O–H groups in total. The first-order valence-corrected chi connectivity index (χ1v) is 7.73. The highest BCUT2D eigenvalue weighted by atomic mass is 32.2. The Balaban J connectivity index is 2.11. The standard InChI is InChI=1S/C14H17F4NS/c15-12-2-1-10(8-11(12)14(16,17)18)13(19)7-9-3-5-20-6-4-9/h1-2,8-9,13H,3-7,19H2. The first kappa shape index (κ1) is 15.6. The van der Waals surface area contributed by atoms with Crippen molar-refractivity contribution in [3.05, 3.63) is 35.1 Å². The summed E-state index contributed by atoms with van der Waals surface area (Å²) in [5.41, 5.74) is 5.12. The summed E-state index contributed by atoms with van der Waals surface area (Å²) in [6.45, 7) is 0. The highest BCUT2D eigenvalue weighted by Gasteiger charge is 2.34. The van der Waals surface area contributed by atoms with Crippen molar-refractivity contribution >= 4 is 11.8 Å². The second kappa shape index (κ2) is 6.35. The molecule has 6 heteroatoms. The molecule has 1 aliphatic heterocycles. The van der Waals surface area contributed by atoms with Crippen LogP contribution in [-0.4, -0.2) is 11.5 Å². The van der Waals surface area contributed by atoms with E-state index >= 15 is 0 Å². The molecule has 0 radical (unpaired) electrons. The van der Waals surface area contributed by atoms with Gasteiger partial charge in [-0.2, -0.15) is 24.9 Å². The molecule has 1 atom stereocenters. The molecular weight excluding hydrogens is 290 g/mol. The van der Waals surface area contributed by atoms with Gasteiger partial charge in [-0.3, -0.25) is 0 Å². The van der Waals surface area contributed by atoms with Crippen LogP contribution in [0.2, 0.25) is 0 Å². The Morgan fingerprint density at radius 2 is 1.90 bits per heavy atom. The Hall–Kier alpha value is -0.750. The smallest absolute Gasteiger partial charge is 0.324 e. The lowest BCUT2D eigenvalue weighted by Gasteiger charge is -2.25. The van der Waals surface area contributed by atoms with E-state index in [0.29, 0.717) is 17.9 Å². The fourth-order valence-corrected chi connectivity index (χ4v) is 3.67. The van der Waals surface area contributed by atoms with Gasteiger partial charge < -0.3 is 5.73 Å². The zero-order chi connectivity index (χ0) is 14.8. The Kier molecular flexibility index (Phi) is 4.96. The van der Waals surface area contributed by atoms with Crippen LogP contribution in [0.15, 0.2) is 18.2 Å². The van der Waals surface area contributed by atoms with Gasteiger partial charge in [0.15, 0.2) is 0 Å². The number of rotatable bonds is 3. The van der Waals surface area contributed by atoms with Crippen LogP contribution in [0.5, 0.6) is 0 Å². The van der Waals surface area contributed by atoms with Crippen LogP contribution in [0.1, 0.15) is 36.4 Å². The van der Waals surface area contributed by atoms with Gasteiger partial charge in [0.05, 0.1) is 5.56 Å². The molecule has 20 heavy (non-hydrogen) atoms. The molecule has 2 rings (SSSR count). The zero-order valence-electron chi connectivity index (χ0n) is 10.9. The molecule has 0 saturated carbocycles. The fraction of sp³-hybridized carbons (Fsp3) is 0.571. The maximum Gasteiger partial charge on any atom is 0.419 e. The Bertz CT molecular complexity index is 455. The van der Waals surface area contributed by atoms with E-state index in [9.17, 15) is 17.6 Å². The molecule has 1 aromatic carbocycles. The van der Waals surface area contributed by atoms with E-state index in [2.05, 4.69) is 0 Å². The third-order valence-electron chi connectivity index (χ3n) is 3.65. The van der Waals surface area contributed by atoms with E-state index in [1.54, 1.807) is 0 Å². The predicted octanol–water partition coefficient (Wildman–Crippen LogP) is 4.38. The molecule has 1 unspecified atom stereocenters. The lowest BCUT2D eigenvalue weighted by Crippen LogP contribution is -2.19. The molecule has 1 aromatic rings. The number of halogens is 4. The van der Waals surface area contributed by atoms with Crippen LogP contribution in [0.25, 0.3) is 0 Å². The number of benzene rings is 1. The first-order valence-electron chi connectivity index (χ1n) is 6.58. The lowest BCUT2D eigenvalue weighted by molar-refractivity contribution is -0.140. The van der Waals surface area contributed by atoms with Gasteiger partial charge in [0.2, 0.25) is 0 Å². The third-order valence-corrected chi connectivity index (χ3v) is 4.70. The largest absolute Gasteiger partial charge is 0.419 e. The summed E-state index contributed by atoms with van der Waals surface area (Å²) in [5.74, 6) is 1.36. The van der Waals surface area contributed by atoms with Gasteiger partial charge in [-0.25, -0.2) is 4.39 Å². The van der Waals surface area contributed by atoms with Crippen molar-refractivity contribution in [3.63, 3.8) is 0 Å². The maximum atomic E-state index is 13.2. The molecule has 0 aliphatic carbocycles. The Labute approximate surface area is 119 Å². The molecule has 0 amide bonds. The van der Waals surface area contributed by atoms with Crippen LogP contribution in [0.3, 0.4) is 0 Å². The van der Waals surface area contributed by atoms with Crippen molar-refractivity contribution in [2.24, 2.45) is 11.7 Å². The molecule has 0 bridgehead atoms. The van der Waals surface area contributed by atoms with Gasteiger partial charge in [-0.15, -0.1) is 0 Å². The predicted molar refractivity (Wildman–Crippen MR) is 73.0 cm³/mol. The Morgan fingerprint density at radius 3 is 2.50 bits per heavy atom. The summed E-state index contributed by atoms with van der Waals surface area (Å²) >= 11 is 1.89. The summed E-state index contributed by atoms with van der Waals surface area (Å²) in [7, 11) is 0. The number of hydrogen-bond donors (Lipinski definition) is 1. The normalized spacial score (nSPS) is 19.1. The molecule has 1 heterocycles. The molecule has 1 nitrogen and oxygen atoms in total. The van der Waals surface area contributed by atoms with E-state index in [1.807, 2.05) is 11.8 Å². The molecule has 0 aromatic heterocycles. The molecule has 1 aliphatic rings. The fourth-order valence-electron chi connectivity index (χ4n) is 2.47. The zero-order valence-corrected chi connectivity index (χ0v) is 11.7. The van der Waals surface area contributed by atoms with Crippen LogP contribution in [0.4, 0.5) is 17.6 Å². The maximum absolute atomic E-state index is 13.2. The van der Waals surface area contributed by atoms with Crippen molar-refractivity contribution in [2.45, 2.75) is 31.5 Å². The van der Waals surface area contributed by atoms with Crippen molar-refractivity contribution in [1.29, 1.82) is 0 Å². The molecule has 1 saturated heterocycles. The van der Waals surface area contributed by atoms with Crippen molar-refractivity contribution in [2.75, 3.05) is 11.5 Å². The highest BCUT2D eigenvalue weighted by molar-refractivity contribution is 7.99. The summed E-state index contributed by atoms with van der Waals surface area (Å²) in [6, 6.07) is 2.59. The minimum absolute atomic E-state index is 0.358. The monoisotopic (exact) mass is 307 g/mol. The van der Waals surface area contributed by atoms with E-state index in [-0.39, 0.29) is 0 Å². The van der Waals surface area contributed by atoms with Crippen LogP contribution >= 0.6 is 11.8 Å². The van der Waals surface area contributed by atoms with Crippen LogP contribution in [-0.2, 0) is 6.18 Å². The van der Waals surface area contributed by atoms with E-state index in [1.165, 1.54) is 6.07 Å². The van der Waals surface area contributed by atoms with Gasteiger partial charge in [0.25, 0.3) is 0 Å². The van der Waals surface area contributed by atoms with Crippen LogP contribution in [0, 0.1) is 11.7 Å². The number of thioether (sulfide) groups is 1. The van der Waals surface area contributed by atoms with Gasteiger partial charge in [0, 0.05) is 6.04 Å². The van der Waals surface area contributed by atoms with Gasteiger partial charge in [-0.1, -0.05) is 6.07 Å². The topological polar surface area (TPSA) is 26.0 Å². The van der Waals surface area contributed by atoms with Crippen molar-refractivity contribution < 1.29 is 17.6 Å².